The first kappa shape index (κ1) is 40.2. The third-order valence-electron chi connectivity index (χ3n) is 11.6. The molecule has 300 valence electrons. The van der Waals surface area contributed by atoms with Crippen LogP contribution in [-0.2, 0) is 48.2 Å². The van der Waals surface area contributed by atoms with E-state index in [1.54, 1.807) is 11.8 Å². The van der Waals surface area contributed by atoms with Crippen LogP contribution in [-0.4, -0.2) is 101 Å². The Morgan fingerprint density at radius 3 is 2.29 bits per heavy atom. The average Bonchev–Trinajstić information content (AvgIpc) is 3.59. The van der Waals surface area contributed by atoms with Crippen LogP contribution < -0.4 is 32.7 Å². The van der Waals surface area contributed by atoms with E-state index in [2.05, 4.69) is 26.3 Å². The maximum absolute atomic E-state index is 15.1. The van der Waals surface area contributed by atoms with Crippen LogP contribution in [0.1, 0.15) is 81.4 Å². The largest absolute Gasteiger partial charge is 0.370 e. The lowest BCUT2D eigenvalue weighted by Crippen LogP contribution is -2.62. The molecule has 2 aromatic rings. The highest BCUT2D eigenvalue weighted by atomic mass is 16.2. The topological polar surface area (TPSA) is 221 Å². The Balaban J connectivity index is 1.34. The van der Waals surface area contributed by atoms with Crippen molar-refractivity contribution in [2.75, 3.05) is 13.1 Å². The van der Waals surface area contributed by atoms with Gasteiger partial charge in [0.25, 0.3) is 0 Å². The van der Waals surface area contributed by atoms with Gasteiger partial charge in [0.1, 0.15) is 30.2 Å². The van der Waals surface area contributed by atoms with Crippen molar-refractivity contribution in [1.29, 1.82) is 0 Å². The Morgan fingerprint density at radius 1 is 0.786 bits per heavy atom. The number of guanidine groups is 1. The number of nitrogens with one attached hydrogen (secondary N) is 4. The molecule has 2 aromatic carbocycles. The number of nitrogens with zero attached hydrogens (tertiary/aromatic N) is 3. The van der Waals surface area contributed by atoms with Crippen molar-refractivity contribution >= 4 is 41.4 Å². The highest BCUT2D eigenvalue weighted by molar-refractivity contribution is 5.97. The molecule has 0 bridgehead atoms. The van der Waals surface area contributed by atoms with Gasteiger partial charge in [-0.1, -0.05) is 67.4 Å². The van der Waals surface area contributed by atoms with Crippen LogP contribution in [0.4, 0.5) is 0 Å². The summed E-state index contributed by atoms with van der Waals surface area (Å²) in [5, 5.41) is 11.5. The van der Waals surface area contributed by atoms with Crippen LogP contribution in [0.25, 0.3) is 0 Å². The molecule has 7 atom stereocenters. The van der Waals surface area contributed by atoms with Crippen LogP contribution in [0.15, 0.2) is 59.6 Å². The van der Waals surface area contributed by atoms with Crippen molar-refractivity contribution in [3.8, 4) is 0 Å². The molecule has 8 N–H and O–H groups in total. The summed E-state index contributed by atoms with van der Waals surface area (Å²) in [6.07, 6.45) is 5.32. The number of benzene rings is 2. The normalized spacial score (nSPS) is 28.0. The van der Waals surface area contributed by atoms with Crippen LogP contribution in [0.3, 0.4) is 0 Å². The third-order valence-corrected chi connectivity index (χ3v) is 11.6. The van der Waals surface area contributed by atoms with E-state index < -0.39 is 59.7 Å². The summed E-state index contributed by atoms with van der Waals surface area (Å²) in [5.41, 5.74) is 13.7. The van der Waals surface area contributed by atoms with Gasteiger partial charge in [0.2, 0.25) is 35.4 Å². The number of fused-ring (bicyclic) bond motifs is 5. The molecule has 0 radical (unpaired) electrons. The van der Waals surface area contributed by atoms with Crippen molar-refractivity contribution in [1.82, 2.24) is 31.1 Å². The molecule has 0 unspecified atom stereocenters. The minimum absolute atomic E-state index is 0.0195. The zero-order valence-electron chi connectivity index (χ0n) is 32.1. The van der Waals surface area contributed by atoms with Crippen molar-refractivity contribution in [2.24, 2.45) is 22.4 Å². The first-order valence-electron chi connectivity index (χ1n) is 20.0. The molecule has 3 aliphatic heterocycles. The Labute approximate surface area is 327 Å². The van der Waals surface area contributed by atoms with Gasteiger partial charge in [0, 0.05) is 44.9 Å². The summed E-state index contributed by atoms with van der Waals surface area (Å²) in [7, 11) is 0. The van der Waals surface area contributed by atoms with Crippen molar-refractivity contribution in [3.05, 3.63) is 71.3 Å². The zero-order valence-corrected chi connectivity index (χ0v) is 32.1. The van der Waals surface area contributed by atoms with Crippen LogP contribution in [0.5, 0.6) is 0 Å². The van der Waals surface area contributed by atoms with E-state index in [-0.39, 0.29) is 75.6 Å². The molecular weight excluding hydrogens is 715 g/mol. The van der Waals surface area contributed by atoms with Gasteiger partial charge in [-0.25, -0.2) is 0 Å². The predicted octanol–water partition coefficient (Wildman–Crippen LogP) is 0.780. The van der Waals surface area contributed by atoms with E-state index in [9.17, 15) is 24.0 Å². The molecule has 1 aliphatic carbocycles. The van der Waals surface area contributed by atoms with Gasteiger partial charge in [-0.15, -0.1) is 0 Å². The minimum Gasteiger partial charge on any atom is -0.370 e. The van der Waals surface area contributed by atoms with Crippen LogP contribution in [0.2, 0.25) is 0 Å². The molecule has 3 heterocycles. The number of rotatable bonds is 6. The highest BCUT2D eigenvalue weighted by Gasteiger charge is 2.51. The van der Waals surface area contributed by atoms with Crippen molar-refractivity contribution in [3.63, 3.8) is 0 Å². The summed E-state index contributed by atoms with van der Waals surface area (Å²) in [6, 6.07) is 12.0. The summed E-state index contributed by atoms with van der Waals surface area (Å²) < 4.78 is 0. The van der Waals surface area contributed by atoms with E-state index in [4.69, 9.17) is 11.5 Å². The molecule has 3 fully saturated rings. The van der Waals surface area contributed by atoms with Gasteiger partial charge in [-0.05, 0) is 68.1 Å². The number of carbonyl (C=O) groups excluding carboxylic acids is 6. The fraction of sp³-hybridized carbons (Fsp3) is 0.537. The molecule has 6 amide bonds. The second-order valence-electron chi connectivity index (χ2n) is 15.5. The number of aliphatic imine (C=N–C) groups is 1. The lowest BCUT2D eigenvalue weighted by molar-refractivity contribution is -0.152. The van der Waals surface area contributed by atoms with Crippen molar-refractivity contribution in [2.45, 2.75) is 120 Å². The second-order valence-corrected chi connectivity index (χ2v) is 15.5. The molecule has 15 nitrogen and oxygen atoms in total. The number of amides is 6. The maximum Gasteiger partial charge on any atom is 0.246 e. The smallest absolute Gasteiger partial charge is 0.246 e. The SMILES string of the molecule is C[C@@H]1NC(=O)[C@@H](Cc2ccccc2)NC(=O)CCCNC(=O)[C@H](CCCN=C(N)N)NC(=O)[C@@H]2C[C@@H]3CCCC[C@@H]3N2C(=O)[C@H]2Cc3ccccc3CN2C1=O. The van der Waals surface area contributed by atoms with Crippen LogP contribution >= 0.6 is 0 Å². The quantitative estimate of drug-likeness (QED) is 0.140. The van der Waals surface area contributed by atoms with Gasteiger partial charge >= 0.3 is 0 Å². The lowest BCUT2D eigenvalue weighted by atomic mass is 9.84. The molecule has 6 rings (SSSR count). The minimum atomic E-state index is -1.03. The molecule has 2 saturated heterocycles. The number of carbonyl (C=O) groups is 6. The first-order valence-corrected chi connectivity index (χ1v) is 20.0. The second kappa shape index (κ2) is 18.4. The molecule has 4 aliphatic rings. The zero-order chi connectivity index (χ0) is 39.8. The van der Waals surface area contributed by atoms with E-state index in [1.807, 2.05) is 54.6 Å². The van der Waals surface area contributed by atoms with E-state index in [1.165, 1.54) is 4.90 Å². The van der Waals surface area contributed by atoms with Gasteiger partial charge in [-0.3, -0.25) is 33.8 Å². The van der Waals surface area contributed by atoms with E-state index >= 15 is 4.79 Å². The van der Waals surface area contributed by atoms with Gasteiger partial charge in [-0.2, -0.15) is 0 Å². The molecule has 56 heavy (non-hydrogen) atoms. The van der Waals surface area contributed by atoms with Gasteiger partial charge in [0.05, 0.1) is 0 Å². The third kappa shape index (κ3) is 9.66. The van der Waals surface area contributed by atoms with Crippen molar-refractivity contribution < 1.29 is 28.8 Å². The summed E-state index contributed by atoms with van der Waals surface area (Å²) in [4.78, 5) is 91.9. The number of nitrogens with two attached hydrogens (primary N) is 2. The molecule has 0 spiro atoms. The average molecular weight is 770 g/mol. The Hall–Kier alpha value is -5.47. The maximum atomic E-state index is 15.1. The lowest BCUT2D eigenvalue weighted by Gasteiger charge is -2.42. The Bertz CT molecular complexity index is 1800. The van der Waals surface area contributed by atoms with Crippen LogP contribution in [0, 0.1) is 5.92 Å². The summed E-state index contributed by atoms with van der Waals surface area (Å²) in [6.45, 7) is 2.13. The molecular formula is C41H55N9O6. The Morgan fingerprint density at radius 2 is 1.52 bits per heavy atom. The summed E-state index contributed by atoms with van der Waals surface area (Å²) >= 11 is 0. The van der Waals surface area contributed by atoms with E-state index in [0.29, 0.717) is 12.8 Å². The first-order chi connectivity index (χ1) is 27.0. The van der Waals surface area contributed by atoms with E-state index in [0.717, 1.165) is 42.4 Å². The molecule has 15 heteroatoms. The Kier molecular flexibility index (Phi) is 13.2. The monoisotopic (exact) mass is 769 g/mol. The van der Waals surface area contributed by atoms with Gasteiger partial charge in [0.15, 0.2) is 5.96 Å². The predicted molar refractivity (Wildman–Crippen MR) is 209 cm³/mol. The fourth-order valence-electron chi connectivity index (χ4n) is 8.73. The summed E-state index contributed by atoms with van der Waals surface area (Å²) in [5.74, 6) is -2.52. The standard InChI is InChI=1S/C41H55N9O6/c1-25-39(55)49-24-29-15-6-5-13-27(29)22-34(49)40(56)50-32-17-8-7-14-28(32)23-33(50)38(54)48-30(16-9-20-45-41(42)43)36(52)44-19-10-18-35(51)47-31(37(53)46-25)21-26-11-3-2-4-12-26/h2-6,11-13,15,25,28,30-34H,7-10,14,16-24H2,1H3,(H,44,52)(H,46,53)(H,47,51)(H,48,54)(H4,42,43,45)/t25-,28-,30-,31+,32-,33-,34+/m0/s1. The number of hydrogen-bond acceptors (Lipinski definition) is 7. The molecule has 0 aromatic heterocycles. The fourth-order valence-corrected chi connectivity index (χ4v) is 8.73. The molecule has 1 saturated carbocycles. The highest BCUT2D eigenvalue weighted by Crippen LogP contribution is 2.41. The van der Waals surface area contributed by atoms with Gasteiger partial charge < -0.3 is 42.5 Å². The number of hydrogen-bond donors (Lipinski definition) is 6.